The van der Waals surface area contributed by atoms with E-state index < -0.39 is 0 Å². The highest BCUT2D eigenvalue weighted by molar-refractivity contribution is 8.08. The van der Waals surface area contributed by atoms with E-state index in [2.05, 4.69) is 29.8 Å². The molecule has 0 atom stereocenters. The standard InChI is InChI=1S/C13H12N6OS/c1-8-14-4-9(20-8)10-5-19(2-3-21-10)13-11-12(16-6-15-11)17-7-18-13/h4-7H,2-3H2,1H3,(H,15,16,17,18). The van der Waals surface area contributed by atoms with Gasteiger partial charge in [0.25, 0.3) is 0 Å². The lowest BCUT2D eigenvalue weighted by Gasteiger charge is -2.24. The molecule has 1 aliphatic rings. The quantitative estimate of drug-likeness (QED) is 0.776. The molecule has 0 saturated carbocycles. The predicted octanol–water partition coefficient (Wildman–Crippen LogP) is 2.20. The fourth-order valence-corrected chi connectivity index (χ4v) is 3.19. The average Bonchev–Trinajstić information content (AvgIpc) is 3.15. The Labute approximate surface area is 124 Å². The van der Waals surface area contributed by atoms with Crippen molar-refractivity contribution in [1.82, 2.24) is 24.9 Å². The molecule has 21 heavy (non-hydrogen) atoms. The van der Waals surface area contributed by atoms with Crippen LogP contribution in [0.25, 0.3) is 16.1 Å². The minimum Gasteiger partial charge on any atom is -0.440 e. The van der Waals surface area contributed by atoms with E-state index >= 15 is 0 Å². The Morgan fingerprint density at radius 1 is 1.29 bits per heavy atom. The number of oxazole rings is 1. The van der Waals surface area contributed by atoms with Gasteiger partial charge in [-0.05, 0) is 0 Å². The van der Waals surface area contributed by atoms with Crippen molar-refractivity contribution < 1.29 is 4.42 Å². The number of nitrogens with one attached hydrogen (secondary N) is 1. The Hall–Kier alpha value is -2.35. The molecule has 0 saturated heterocycles. The van der Waals surface area contributed by atoms with Crippen LogP contribution < -0.4 is 4.90 Å². The van der Waals surface area contributed by atoms with Gasteiger partial charge in [-0.2, -0.15) is 0 Å². The Balaban J connectivity index is 1.76. The molecule has 4 rings (SSSR count). The molecule has 0 aliphatic carbocycles. The largest absolute Gasteiger partial charge is 0.440 e. The van der Waals surface area contributed by atoms with E-state index in [9.17, 15) is 0 Å². The van der Waals surface area contributed by atoms with E-state index in [1.165, 1.54) is 6.33 Å². The molecule has 0 fully saturated rings. The third-order valence-electron chi connectivity index (χ3n) is 3.20. The lowest BCUT2D eigenvalue weighted by molar-refractivity contribution is 0.512. The summed E-state index contributed by atoms with van der Waals surface area (Å²) in [5.41, 5.74) is 1.51. The summed E-state index contributed by atoms with van der Waals surface area (Å²) >= 11 is 1.75. The summed E-state index contributed by atoms with van der Waals surface area (Å²) in [5.74, 6) is 3.23. The van der Waals surface area contributed by atoms with Crippen LogP contribution in [-0.4, -0.2) is 37.2 Å². The lowest BCUT2D eigenvalue weighted by atomic mass is 10.4. The zero-order chi connectivity index (χ0) is 14.2. The van der Waals surface area contributed by atoms with Gasteiger partial charge in [0, 0.05) is 25.4 Å². The van der Waals surface area contributed by atoms with Gasteiger partial charge in [-0.25, -0.2) is 19.9 Å². The molecule has 1 aliphatic heterocycles. The van der Waals surface area contributed by atoms with Gasteiger partial charge >= 0.3 is 0 Å². The molecule has 8 heteroatoms. The summed E-state index contributed by atoms with van der Waals surface area (Å²) in [5, 5.41) is 0. The summed E-state index contributed by atoms with van der Waals surface area (Å²) in [7, 11) is 0. The molecular weight excluding hydrogens is 288 g/mol. The number of rotatable bonds is 2. The molecule has 0 amide bonds. The minimum atomic E-state index is 0.668. The first kappa shape index (κ1) is 12.4. The van der Waals surface area contributed by atoms with Crippen LogP contribution >= 0.6 is 11.8 Å². The maximum atomic E-state index is 5.60. The first-order chi connectivity index (χ1) is 10.3. The second-order valence-corrected chi connectivity index (χ2v) is 5.71. The lowest BCUT2D eigenvalue weighted by Crippen LogP contribution is -2.24. The number of hydrogen-bond acceptors (Lipinski definition) is 7. The molecule has 3 aromatic heterocycles. The van der Waals surface area contributed by atoms with Crippen LogP contribution in [0.4, 0.5) is 5.82 Å². The number of aromatic nitrogens is 5. The van der Waals surface area contributed by atoms with Gasteiger partial charge in [-0.15, -0.1) is 11.8 Å². The Bertz CT molecular complexity index is 823. The van der Waals surface area contributed by atoms with Crippen molar-refractivity contribution in [1.29, 1.82) is 0 Å². The highest BCUT2D eigenvalue weighted by Gasteiger charge is 2.19. The number of thioether (sulfide) groups is 1. The van der Waals surface area contributed by atoms with Crippen molar-refractivity contribution in [2.24, 2.45) is 0 Å². The first-order valence-electron chi connectivity index (χ1n) is 6.49. The molecule has 106 valence electrons. The van der Waals surface area contributed by atoms with E-state index in [0.717, 1.165) is 34.3 Å². The number of H-pyrrole nitrogens is 1. The fraction of sp³-hybridized carbons (Fsp3) is 0.231. The van der Waals surface area contributed by atoms with Gasteiger partial charge in [0.1, 0.15) is 11.8 Å². The van der Waals surface area contributed by atoms with Gasteiger partial charge in [-0.3, -0.25) is 0 Å². The van der Waals surface area contributed by atoms with Crippen LogP contribution in [0, 0.1) is 6.92 Å². The van der Waals surface area contributed by atoms with Crippen LogP contribution in [-0.2, 0) is 0 Å². The molecule has 3 aromatic rings. The highest BCUT2D eigenvalue weighted by atomic mass is 32.2. The van der Waals surface area contributed by atoms with Crippen molar-refractivity contribution in [3.8, 4) is 0 Å². The number of imidazole rings is 1. The highest BCUT2D eigenvalue weighted by Crippen LogP contribution is 2.34. The number of nitrogens with zero attached hydrogens (tertiary/aromatic N) is 5. The molecule has 0 aromatic carbocycles. The summed E-state index contributed by atoms with van der Waals surface area (Å²) in [6.45, 7) is 2.71. The van der Waals surface area contributed by atoms with Crippen molar-refractivity contribution in [3.63, 3.8) is 0 Å². The predicted molar refractivity (Wildman–Crippen MR) is 80.7 cm³/mol. The van der Waals surface area contributed by atoms with Crippen LogP contribution in [0.15, 0.2) is 29.5 Å². The molecule has 0 radical (unpaired) electrons. The van der Waals surface area contributed by atoms with E-state index in [-0.39, 0.29) is 0 Å². The first-order valence-corrected chi connectivity index (χ1v) is 7.48. The summed E-state index contributed by atoms with van der Waals surface area (Å²) in [6.07, 6.45) is 6.96. The van der Waals surface area contributed by atoms with Crippen LogP contribution in [0.1, 0.15) is 11.7 Å². The molecule has 4 heterocycles. The molecule has 0 spiro atoms. The maximum absolute atomic E-state index is 5.60. The van der Waals surface area contributed by atoms with E-state index in [1.807, 2.05) is 13.1 Å². The van der Waals surface area contributed by atoms with Crippen molar-refractivity contribution >= 4 is 33.6 Å². The van der Waals surface area contributed by atoms with Crippen molar-refractivity contribution in [2.75, 3.05) is 17.2 Å². The normalized spacial score (nSPS) is 15.5. The molecule has 0 unspecified atom stereocenters. The summed E-state index contributed by atoms with van der Waals surface area (Å²) in [4.78, 5) is 23.1. The smallest absolute Gasteiger partial charge is 0.191 e. The van der Waals surface area contributed by atoms with Gasteiger partial charge in [-0.1, -0.05) is 0 Å². The van der Waals surface area contributed by atoms with E-state index in [4.69, 9.17) is 4.42 Å². The van der Waals surface area contributed by atoms with Crippen LogP contribution in [0.2, 0.25) is 0 Å². The Morgan fingerprint density at radius 2 is 2.24 bits per heavy atom. The molecular formula is C13H12N6OS. The Morgan fingerprint density at radius 3 is 3.10 bits per heavy atom. The summed E-state index contributed by atoms with van der Waals surface area (Å²) in [6, 6.07) is 0. The second-order valence-electron chi connectivity index (χ2n) is 4.58. The SMILES string of the molecule is Cc1ncc(C2=CN(c3ncnc4nc[nH]c34)CCS2)o1. The van der Waals surface area contributed by atoms with Gasteiger partial charge in [0.05, 0.1) is 17.4 Å². The number of aromatic amines is 1. The van der Waals surface area contributed by atoms with Gasteiger partial charge < -0.3 is 14.3 Å². The second kappa shape index (κ2) is 4.88. The molecule has 0 bridgehead atoms. The van der Waals surface area contributed by atoms with Crippen LogP contribution in [0.3, 0.4) is 0 Å². The number of anilines is 1. The third kappa shape index (κ3) is 2.17. The monoisotopic (exact) mass is 300 g/mol. The fourth-order valence-electron chi connectivity index (χ4n) is 2.24. The zero-order valence-electron chi connectivity index (χ0n) is 11.3. The zero-order valence-corrected chi connectivity index (χ0v) is 12.1. The average molecular weight is 300 g/mol. The Kier molecular flexibility index (Phi) is 2.88. The molecule has 7 nitrogen and oxygen atoms in total. The minimum absolute atomic E-state index is 0.668. The van der Waals surface area contributed by atoms with Crippen molar-refractivity contribution in [2.45, 2.75) is 6.92 Å². The van der Waals surface area contributed by atoms with Crippen LogP contribution in [0.5, 0.6) is 0 Å². The van der Waals surface area contributed by atoms with Gasteiger partial charge in [0.15, 0.2) is 23.1 Å². The third-order valence-corrected chi connectivity index (χ3v) is 4.21. The number of aryl methyl sites for hydroxylation is 1. The number of fused-ring (bicyclic) bond motifs is 1. The molecule has 1 N–H and O–H groups in total. The van der Waals surface area contributed by atoms with Gasteiger partial charge in [0.2, 0.25) is 0 Å². The van der Waals surface area contributed by atoms with E-state index in [1.54, 1.807) is 24.3 Å². The number of hydrogen-bond donors (Lipinski definition) is 1. The maximum Gasteiger partial charge on any atom is 0.191 e. The van der Waals surface area contributed by atoms with E-state index in [0.29, 0.717) is 11.5 Å². The van der Waals surface area contributed by atoms with Crippen molar-refractivity contribution in [3.05, 3.63) is 36.7 Å². The topological polar surface area (TPSA) is 83.7 Å². The summed E-state index contributed by atoms with van der Waals surface area (Å²) < 4.78 is 5.60.